The SMILES string of the molecule is Cc1ccc(N2CCN[C@H]3CCC[C@@H]32)c(C)c1. The molecule has 0 unspecified atom stereocenters. The number of piperazine rings is 1. The molecule has 1 aromatic carbocycles. The summed E-state index contributed by atoms with van der Waals surface area (Å²) >= 11 is 0. The summed E-state index contributed by atoms with van der Waals surface area (Å²) in [5.41, 5.74) is 4.25. The second-order valence-corrected chi connectivity index (χ2v) is 5.54. The predicted octanol–water partition coefficient (Wildman–Crippen LogP) is 2.63. The van der Waals surface area contributed by atoms with Crippen molar-refractivity contribution < 1.29 is 0 Å². The molecule has 1 aromatic rings. The smallest absolute Gasteiger partial charge is 0.0443 e. The lowest BCUT2D eigenvalue weighted by atomic mass is 10.0. The van der Waals surface area contributed by atoms with Gasteiger partial charge in [-0.05, 0) is 44.7 Å². The van der Waals surface area contributed by atoms with Gasteiger partial charge in [0.1, 0.15) is 0 Å². The van der Waals surface area contributed by atoms with Crippen LogP contribution >= 0.6 is 0 Å². The summed E-state index contributed by atoms with van der Waals surface area (Å²) in [4.78, 5) is 2.64. The van der Waals surface area contributed by atoms with E-state index in [9.17, 15) is 0 Å². The molecule has 17 heavy (non-hydrogen) atoms. The Bertz CT molecular complexity index is 413. The van der Waals surface area contributed by atoms with Gasteiger partial charge >= 0.3 is 0 Å². The third-order valence-corrected chi connectivity index (χ3v) is 4.30. The van der Waals surface area contributed by atoms with E-state index in [1.807, 2.05) is 0 Å². The van der Waals surface area contributed by atoms with Gasteiger partial charge in [0, 0.05) is 30.9 Å². The van der Waals surface area contributed by atoms with E-state index in [1.165, 1.54) is 36.1 Å². The number of benzene rings is 1. The first kappa shape index (κ1) is 11.1. The molecule has 2 fully saturated rings. The third kappa shape index (κ3) is 1.95. The second kappa shape index (κ2) is 4.34. The van der Waals surface area contributed by atoms with E-state index in [-0.39, 0.29) is 0 Å². The molecule has 0 spiro atoms. The van der Waals surface area contributed by atoms with Crippen molar-refractivity contribution in [3.05, 3.63) is 29.3 Å². The number of hydrogen-bond acceptors (Lipinski definition) is 2. The van der Waals surface area contributed by atoms with Gasteiger partial charge in [-0.15, -0.1) is 0 Å². The summed E-state index contributed by atoms with van der Waals surface area (Å²) in [6.07, 6.45) is 4.08. The summed E-state index contributed by atoms with van der Waals surface area (Å²) in [6, 6.07) is 8.32. The van der Waals surface area contributed by atoms with E-state index >= 15 is 0 Å². The Kier molecular flexibility index (Phi) is 2.83. The van der Waals surface area contributed by atoms with Gasteiger partial charge in [0.05, 0.1) is 0 Å². The van der Waals surface area contributed by atoms with Crippen molar-refractivity contribution >= 4 is 5.69 Å². The lowest BCUT2D eigenvalue weighted by molar-refractivity contribution is 0.403. The molecule has 2 aliphatic rings. The summed E-state index contributed by atoms with van der Waals surface area (Å²) in [5, 5.41) is 3.67. The monoisotopic (exact) mass is 230 g/mol. The van der Waals surface area contributed by atoms with Crippen LogP contribution in [0.4, 0.5) is 5.69 Å². The number of fused-ring (bicyclic) bond motifs is 1. The molecular formula is C15H22N2. The normalized spacial score (nSPS) is 28.2. The van der Waals surface area contributed by atoms with Crippen LogP contribution in [0.15, 0.2) is 18.2 Å². The minimum absolute atomic E-state index is 0.726. The highest BCUT2D eigenvalue weighted by Crippen LogP contribution is 2.32. The maximum absolute atomic E-state index is 3.67. The lowest BCUT2D eigenvalue weighted by Gasteiger charge is -2.41. The average molecular weight is 230 g/mol. The van der Waals surface area contributed by atoms with E-state index in [0.717, 1.165) is 25.2 Å². The molecule has 1 heterocycles. The Morgan fingerprint density at radius 3 is 2.94 bits per heavy atom. The Labute approximate surface area is 104 Å². The van der Waals surface area contributed by atoms with Gasteiger partial charge in [-0.1, -0.05) is 17.7 Å². The van der Waals surface area contributed by atoms with Crippen molar-refractivity contribution in [3.8, 4) is 0 Å². The number of aryl methyl sites for hydroxylation is 2. The number of rotatable bonds is 1. The van der Waals surface area contributed by atoms with Gasteiger partial charge in [0.25, 0.3) is 0 Å². The van der Waals surface area contributed by atoms with Crippen LogP contribution in [0, 0.1) is 13.8 Å². The van der Waals surface area contributed by atoms with E-state index in [2.05, 4.69) is 42.3 Å². The fourth-order valence-electron chi connectivity index (χ4n) is 3.51. The van der Waals surface area contributed by atoms with Crippen molar-refractivity contribution in [2.45, 2.75) is 45.2 Å². The fourth-order valence-corrected chi connectivity index (χ4v) is 3.51. The third-order valence-electron chi connectivity index (χ3n) is 4.30. The zero-order valence-corrected chi connectivity index (χ0v) is 10.9. The van der Waals surface area contributed by atoms with Crippen LogP contribution in [-0.4, -0.2) is 25.2 Å². The van der Waals surface area contributed by atoms with Crippen molar-refractivity contribution in [2.24, 2.45) is 0 Å². The van der Waals surface area contributed by atoms with Crippen molar-refractivity contribution in [1.29, 1.82) is 0 Å². The molecule has 3 rings (SSSR count). The summed E-state index contributed by atoms with van der Waals surface area (Å²) in [7, 11) is 0. The summed E-state index contributed by atoms with van der Waals surface area (Å²) in [5.74, 6) is 0. The van der Waals surface area contributed by atoms with Gasteiger partial charge in [-0.2, -0.15) is 0 Å². The van der Waals surface area contributed by atoms with Crippen LogP contribution < -0.4 is 10.2 Å². The summed E-state index contributed by atoms with van der Waals surface area (Å²) < 4.78 is 0. The molecule has 0 radical (unpaired) electrons. The molecule has 1 aliphatic carbocycles. The molecule has 2 nitrogen and oxygen atoms in total. The number of hydrogen-bond donors (Lipinski definition) is 1. The van der Waals surface area contributed by atoms with Crippen molar-refractivity contribution in [1.82, 2.24) is 5.32 Å². The quantitative estimate of drug-likeness (QED) is 0.798. The highest BCUT2D eigenvalue weighted by atomic mass is 15.2. The molecule has 0 aromatic heterocycles. The molecule has 1 N–H and O–H groups in total. The standard InChI is InChI=1S/C15H22N2/c1-11-6-7-14(12(2)10-11)17-9-8-16-13-4-3-5-15(13)17/h6-7,10,13,15-16H,3-5,8-9H2,1-2H3/t13-,15-/m0/s1. The zero-order valence-electron chi connectivity index (χ0n) is 10.9. The predicted molar refractivity (Wildman–Crippen MR) is 72.7 cm³/mol. The molecule has 0 bridgehead atoms. The summed E-state index contributed by atoms with van der Waals surface area (Å²) in [6.45, 7) is 6.71. The van der Waals surface area contributed by atoms with Gasteiger partial charge in [0.2, 0.25) is 0 Å². The Morgan fingerprint density at radius 2 is 2.12 bits per heavy atom. The maximum Gasteiger partial charge on any atom is 0.0443 e. The molecule has 92 valence electrons. The number of nitrogens with zero attached hydrogens (tertiary/aromatic N) is 1. The Morgan fingerprint density at radius 1 is 1.24 bits per heavy atom. The highest BCUT2D eigenvalue weighted by Gasteiger charge is 2.35. The molecule has 0 amide bonds. The van der Waals surface area contributed by atoms with E-state index in [0.29, 0.717) is 0 Å². The molecule has 1 saturated heterocycles. The lowest BCUT2D eigenvalue weighted by Crippen LogP contribution is -2.55. The van der Waals surface area contributed by atoms with Crippen LogP contribution in [0.3, 0.4) is 0 Å². The van der Waals surface area contributed by atoms with Crippen LogP contribution in [0.2, 0.25) is 0 Å². The molecule has 2 atom stereocenters. The van der Waals surface area contributed by atoms with Crippen LogP contribution in [0.25, 0.3) is 0 Å². The minimum atomic E-state index is 0.726. The van der Waals surface area contributed by atoms with Crippen LogP contribution in [0.5, 0.6) is 0 Å². The molecule has 1 aliphatic heterocycles. The fraction of sp³-hybridized carbons (Fsp3) is 0.600. The average Bonchev–Trinajstić information content (AvgIpc) is 2.77. The van der Waals surface area contributed by atoms with Crippen LogP contribution in [-0.2, 0) is 0 Å². The van der Waals surface area contributed by atoms with Crippen molar-refractivity contribution in [3.63, 3.8) is 0 Å². The zero-order chi connectivity index (χ0) is 11.8. The number of anilines is 1. The van der Waals surface area contributed by atoms with E-state index in [1.54, 1.807) is 0 Å². The maximum atomic E-state index is 3.67. The topological polar surface area (TPSA) is 15.3 Å². The number of nitrogens with one attached hydrogen (secondary N) is 1. The van der Waals surface area contributed by atoms with Gasteiger partial charge in [-0.3, -0.25) is 0 Å². The highest BCUT2D eigenvalue weighted by molar-refractivity contribution is 5.56. The second-order valence-electron chi connectivity index (χ2n) is 5.54. The van der Waals surface area contributed by atoms with Gasteiger partial charge < -0.3 is 10.2 Å². The first-order chi connectivity index (χ1) is 8.25. The van der Waals surface area contributed by atoms with Crippen LogP contribution in [0.1, 0.15) is 30.4 Å². The largest absolute Gasteiger partial charge is 0.365 e. The Balaban J connectivity index is 1.91. The van der Waals surface area contributed by atoms with Gasteiger partial charge in [-0.25, -0.2) is 0 Å². The molecule has 1 saturated carbocycles. The molecule has 2 heteroatoms. The van der Waals surface area contributed by atoms with Crippen molar-refractivity contribution in [2.75, 3.05) is 18.0 Å². The molecular weight excluding hydrogens is 208 g/mol. The first-order valence-corrected chi connectivity index (χ1v) is 6.83. The van der Waals surface area contributed by atoms with E-state index in [4.69, 9.17) is 0 Å². The Hall–Kier alpha value is -1.02. The minimum Gasteiger partial charge on any atom is -0.365 e. The van der Waals surface area contributed by atoms with E-state index < -0.39 is 0 Å². The van der Waals surface area contributed by atoms with Gasteiger partial charge in [0.15, 0.2) is 0 Å². The first-order valence-electron chi connectivity index (χ1n) is 6.83.